The molecule has 0 bridgehead atoms. The van der Waals surface area contributed by atoms with Crippen molar-refractivity contribution in [3.8, 4) is 0 Å². The first-order valence-electron chi connectivity index (χ1n) is 6.40. The number of carbonyl (C=O) groups excluding carboxylic acids is 2. The Bertz CT molecular complexity index is 684. The zero-order valence-corrected chi connectivity index (χ0v) is 11.5. The summed E-state index contributed by atoms with van der Waals surface area (Å²) in [6.07, 6.45) is 4.59. The number of halogens is 1. The molecule has 1 amide bonds. The summed E-state index contributed by atoms with van der Waals surface area (Å²) in [7, 11) is 0. The van der Waals surface area contributed by atoms with Crippen molar-refractivity contribution in [1.82, 2.24) is 4.98 Å². The number of amides is 1. The number of pyridine rings is 1. The first kappa shape index (κ1) is 15.4. The maximum atomic E-state index is 12.9. The van der Waals surface area contributed by atoms with E-state index in [9.17, 15) is 14.0 Å². The Hall–Kier alpha value is -3.02. The largest absolute Gasteiger partial charge is 0.444 e. The molecule has 112 valence electrons. The van der Waals surface area contributed by atoms with E-state index >= 15 is 0 Å². The maximum absolute atomic E-state index is 12.9. The van der Waals surface area contributed by atoms with Gasteiger partial charge in [0.25, 0.3) is 5.91 Å². The molecule has 6 heteroatoms. The van der Waals surface area contributed by atoms with E-state index < -0.39 is 23.8 Å². The second-order valence-electron chi connectivity index (χ2n) is 4.38. The number of hydrogen-bond acceptors (Lipinski definition) is 4. The van der Waals surface area contributed by atoms with E-state index in [1.165, 1.54) is 24.3 Å². The fourth-order valence-corrected chi connectivity index (χ4v) is 1.72. The summed E-state index contributed by atoms with van der Waals surface area (Å²) in [6, 6.07) is 8.40. The molecule has 0 aliphatic carbocycles. The van der Waals surface area contributed by atoms with Crippen molar-refractivity contribution in [2.75, 3.05) is 0 Å². The molecule has 0 saturated heterocycles. The van der Waals surface area contributed by atoms with Gasteiger partial charge in [0, 0.05) is 24.0 Å². The van der Waals surface area contributed by atoms with Gasteiger partial charge in [-0.05, 0) is 35.9 Å². The van der Waals surface area contributed by atoms with E-state index in [0.717, 1.165) is 17.7 Å². The zero-order valence-electron chi connectivity index (χ0n) is 11.5. The molecule has 2 rings (SSSR count). The van der Waals surface area contributed by atoms with Crippen molar-refractivity contribution in [2.45, 2.75) is 6.10 Å². The van der Waals surface area contributed by atoms with Gasteiger partial charge in [0.15, 0.2) is 0 Å². The Kier molecular flexibility index (Phi) is 4.98. The number of benzene rings is 1. The molecule has 1 unspecified atom stereocenters. The van der Waals surface area contributed by atoms with Gasteiger partial charge < -0.3 is 10.5 Å². The second kappa shape index (κ2) is 7.12. The highest BCUT2D eigenvalue weighted by atomic mass is 19.1. The third kappa shape index (κ3) is 4.24. The van der Waals surface area contributed by atoms with Gasteiger partial charge in [-0.25, -0.2) is 9.18 Å². The highest BCUT2D eigenvalue weighted by molar-refractivity contribution is 5.90. The average molecular weight is 300 g/mol. The summed E-state index contributed by atoms with van der Waals surface area (Å²) in [4.78, 5) is 27.0. The summed E-state index contributed by atoms with van der Waals surface area (Å²) < 4.78 is 17.9. The second-order valence-corrected chi connectivity index (χ2v) is 4.38. The smallest absolute Gasteiger partial charge is 0.331 e. The maximum Gasteiger partial charge on any atom is 0.331 e. The predicted octanol–water partition coefficient (Wildman–Crippen LogP) is 2.00. The van der Waals surface area contributed by atoms with Crippen molar-refractivity contribution < 1.29 is 18.7 Å². The summed E-state index contributed by atoms with van der Waals surface area (Å²) in [5, 5.41) is 0. The van der Waals surface area contributed by atoms with Crippen molar-refractivity contribution in [3.05, 3.63) is 71.8 Å². The number of carbonyl (C=O) groups is 2. The van der Waals surface area contributed by atoms with Gasteiger partial charge in [0.2, 0.25) is 6.10 Å². The molecule has 0 aliphatic rings. The first-order valence-corrected chi connectivity index (χ1v) is 6.40. The lowest BCUT2D eigenvalue weighted by molar-refractivity contribution is -0.150. The minimum absolute atomic E-state index is 0.305. The van der Waals surface area contributed by atoms with Crippen LogP contribution in [0.2, 0.25) is 0 Å². The number of rotatable bonds is 5. The van der Waals surface area contributed by atoms with E-state index in [-0.39, 0.29) is 0 Å². The monoisotopic (exact) mass is 300 g/mol. The van der Waals surface area contributed by atoms with Crippen LogP contribution in [0.5, 0.6) is 0 Å². The summed E-state index contributed by atoms with van der Waals surface area (Å²) >= 11 is 0. The number of hydrogen-bond donors (Lipinski definition) is 1. The number of aromatic nitrogens is 1. The topological polar surface area (TPSA) is 82.3 Å². The molecule has 0 saturated carbocycles. The number of nitrogens with zero attached hydrogens (tertiary/aromatic N) is 1. The molecule has 5 nitrogen and oxygen atoms in total. The lowest BCUT2D eigenvalue weighted by Gasteiger charge is -2.13. The van der Waals surface area contributed by atoms with Crippen molar-refractivity contribution in [1.29, 1.82) is 0 Å². The van der Waals surface area contributed by atoms with Crippen LogP contribution in [0.25, 0.3) is 6.08 Å². The van der Waals surface area contributed by atoms with Crippen LogP contribution in [0, 0.1) is 5.82 Å². The third-order valence-corrected chi connectivity index (χ3v) is 2.78. The number of esters is 1. The van der Waals surface area contributed by atoms with Gasteiger partial charge in [-0.1, -0.05) is 12.1 Å². The van der Waals surface area contributed by atoms with Gasteiger partial charge in [-0.3, -0.25) is 9.78 Å². The van der Waals surface area contributed by atoms with E-state index in [2.05, 4.69) is 4.98 Å². The van der Waals surface area contributed by atoms with Crippen LogP contribution in [-0.2, 0) is 14.3 Å². The molecule has 0 fully saturated rings. The molecule has 2 aromatic rings. The van der Waals surface area contributed by atoms with Crippen molar-refractivity contribution >= 4 is 18.0 Å². The van der Waals surface area contributed by atoms with E-state index in [4.69, 9.17) is 10.5 Å². The van der Waals surface area contributed by atoms with Crippen LogP contribution >= 0.6 is 0 Å². The summed E-state index contributed by atoms with van der Waals surface area (Å²) in [5.41, 5.74) is 6.28. The van der Waals surface area contributed by atoms with Crippen LogP contribution in [0.15, 0.2) is 54.9 Å². The highest BCUT2D eigenvalue weighted by Gasteiger charge is 2.21. The Morgan fingerprint density at radius 1 is 1.14 bits per heavy atom. The molecular weight excluding hydrogens is 287 g/mol. The molecule has 1 heterocycles. The van der Waals surface area contributed by atoms with Gasteiger partial charge in [-0.15, -0.1) is 0 Å². The average Bonchev–Trinajstić information content (AvgIpc) is 2.52. The lowest BCUT2D eigenvalue weighted by Crippen LogP contribution is -2.25. The van der Waals surface area contributed by atoms with E-state index in [1.54, 1.807) is 24.5 Å². The minimum atomic E-state index is -1.27. The molecule has 1 aromatic heterocycles. The fourth-order valence-electron chi connectivity index (χ4n) is 1.72. The minimum Gasteiger partial charge on any atom is -0.444 e. The molecule has 22 heavy (non-hydrogen) atoms. The Morgan fingerprint density at radius 2 is 1.77 bits per heavy atom. The fraction of sp³-hybridized carbons (Fsp3) is 0.0625. The van der Waals surface area contributed by atoms with Gasteiger partial charge >= 0.3 is 5.97 Å². The zero-order chi connectivity index (χ0) is 15.9. The summed E-state index contributed by atoms with van der Waals surface area (Å²) in [5.74, 6) is -2.03. The van der Waals surface area contributed by atoms with Crippen LogP contribution in [-0.4, -0.2) is 16.9 Å². The summed E-state index contributed by atoms with van der Waals surface area (Å²) in [6.45, 7) is 0. The van der Waals surface area contributed by atoms with E-state index in [1.807, 2.05) is 0 Å². The molecule has 2 N–H and O–H groups in total. The molecule has 0 radical (unpaired) electrons. The van der Waals surface area contributed by atoms with Crippen LogP contribution < -0.4 is 5.73 Å². The lowest BCUT2D eigenvalue weighted by atomic mass is 10.1. The Morgan fingerprint density at radius 3 is 2.36 bits per heavy atom. The van der Waals surface area contributed by atoms with Gasteiger partial charge in [0.1, 0.15) is 5.82 Å². The molecule has 0 spiro atoms. The van der Waals surface area contributed by atoms with Crippen LogP contribution in [0.3, 0.4) is 0 Å². The SMILES string of the molecule is NC(=O)C(OC(=O)/C=C/c1ccncc1)c1ccc(F)cc1. The molecule has 0 aliphatic heterocycles. The number of nitrogens with two attached hydrogens (primary N) is 1. The first-order chi connectivity index (χ1) is 10.6. The third-order valence-electron chi connectivity index (χ3n) is 2.78. The quantitative estimate of drug-likeness (QED) is 0.676. The van der Waals surface area contributed by atoms with Gasteiger partial charge in [0.05, 0.1) is 0 Å². The normalized spacial score (nSPS) is 12.0. The standard InChI is InChI=1S/C16H13FN2O3/c17-13-4-2-12(3-5-13)15(16(18)21)22-14(20)6-1-11-7-9-19-10-8-11/h1-10,15H,(H2,18,21)/b6-1+. The van der Waals surface area contributed by atoms with Crippen LogP contribution in [0.4, 0.5) is 4.39 Å². The molecular formula is C16H13FN2O3. The van der Waals surface area contributed by atoms with Crippen molar-refractivity contribution in [2.24, 2.45) is 5.73 Å². The van der Waals surface area contributed by atoms with Gasteiger partial charge in [-0.2, -0.15) is 0 Å². The Balaban J connectivity index is 2.08. The number of primary amides is 1. The van der Waals surface area contributed by atoms with Crippen molar-refractivity contribution in [3.63, 3.8) is 0 Å². The highest BCUT2D eigenvalue weighted by Crippen LogP contribution is 2.18. The predicted molar refractivity (Wildman–Crippen MR) is 77.7 cm³/mol. The van der Waals surface area contributed by atoms with E-state index in [0.29, 0.717) is 5.56 Å². The molecule has 1 atom stereocenters. The number of ether oxygens (including phenoxy) is 1. The Labute approximate surface area is 126 Å². The molecule has 1 aromatic carbocycles. The van der Waals surface area contributed by atoms with Crippen LogP contribution in [0.1, 0.15) is 17.2 Å².